The highest BCUT2D eigenvalue weighted by atomic mass is 35.5. The molecule has 4 nitrogen and oxygen atoms in total. The highest BCUT2D eigenvalue weighted by Gasteiger charge is 2.35. The molecule has 0 bridgehead atoms. The summed E-state index contributed by atoms with van der Waals surface area (Å²) in [4.78, 5) is 2.61. The Morgan fingerprint density at radius 2 is 1.90 bits per heavy atom. The molecule has 0 aromatic heterocycles. The van der Waals surface area contributed by atoms with Gasteiger partial charge in [-0.2, -0.15) is 0 Å². The van der Waals surface area contributed by atoms with Crippen LogP contribution in [0.25, 0.3) is 0 Å². The quantitative estimate of drug-likeness (QED) is 0.924. The Bertz CT molecular complexity index is 509. The highest BCUT2D eigenvalue weighted by Crippen LogP contribution is 2.38. The predicted octanol–water partition coefficient (Wildman–Crippen LogP) is 3.40. The number of methoxy groups -OCH3 is 2. The lowest BCUT2D eigenvalue weighted by molar-refractivity contribution is 0.192. The summed E-state index contributed by atoms with van der Waals surface area (Å²) < 4.78 is 10.8. The number of hydrogen-bond acceptors (Lipinski definition) is 4. The van der Waals surface area contributed by atoms with Gasteiger partial charge in [-0.25, -0.2) is 0 Å². The summed E-state index contributed by atoms with van der Waals surface area (Å²) in [7, 11) is 3.31. The van der Waals surface area contributed by atoms with Gasteiger partial charge in [-0.15, -0.1) is 0 Å². The van der Waals surface area contributed by atoms with E-state index in [0.717, 1.165) is 11.4 Å². The standard InChI is InChI=1S/C16H23ClN2O2/c1-20-15-10-13(16(21-2)9-11(15)17)18-12-6-8-19-7-4-3-5-14(12)19/h9-10,12,14,18H,3-8H2,1-2H3. The number of benzene rings is 1. The Kier molecular flexibility index (Phi) is 4.45. The average molecular weight is 311 g/mol. The first-order chi connectivity index (χ1) is 10.2. The van der Waals surface area contributed by atoms with Gasteiger partial charge in [-0.3, -0.25) is 4.90 Å². The molecule has 1 aromatic rings. The van der Waals surface area contributed by atoms with Crippen molar-refractivity contribution in [2.75, 3.05) is 32.6 Å². The molecule has 2 atom stereocenters. The molecule has 5 heteroatoms. The molecule has 1 aromatic carbocycles. The van der Waals surface area contributed by atoms with E-state index >= 15 is 0 Å². The lowest BCUT2D eigenvalue weighted by Crippen LogP contribution is -2.41. The van der Waals surface area contributed by atoms with Crippen molar-refractivity contribution in [3.63, 3.8) is 0 Å². The third-order valence-corrected chi connectivity index (χ3v) is 4.97. The van der Waals surface area contributed by atoms with Crippen molar-refractivity contribution in [3.05, 3.63) is 17.2 Å². The molecule has 21 heavy (non-hydrogen) atoms. The number of halogens is 1. The molecule has 0 spiro atoms. The van der Waals surface area contributed by atoms with Gasteiger partial charge >= 0.3 is 0 Å². The van der Waals surface area contributed by atoms with Crippen LogP contribution in [0.1, 0.15) is 25.7 Å². The van der Waals surface area contributed by atoms with E-state index in [1.807, 2.05) is 12.1 Å². The average Bonchev–Trinajstić information content (AvgIpc) is 2.92. The van der Waals surface area contributed by atoms with Crippen LogP contribution in [0.5, 0.6) is 11.5 Å². The van der Waals surface area contributed by atoms with Crippen LogP contribution in [0.2, 0.25) is 5.02 Å². The molecule has 0 saturated carbocycles. The molecule has 2 saturated heterocycles. The van der Waals surface area contributed by atoms with Crippen LogP contribution in [0.4, 0.5) is 5.69 Å². The highest BCUT2D eigenvalue weighted by molar-refractivity contribution is 6.32. The molecule has 1 N–H and O–H groups in total. The number of anilines is 1. The monoisotopic (exact) mass is 310 g/mol. The summed E-state index contributed by atoms with van der Waals surface area (Å²) in [5, 5.41) is 4.23. The predicted molar refractivity (Wildman–Crippen MR) is 85.8 cm³/mol. The summed E-state index contributed by atoms with van der Waals surface area (Å²) in [5.41, 5.74) is 0.969. The van der Waals surface area contributed by atoms with Gasteiger partial charge in [-0.05, 0) is 25.8 Å². The summed E-state index contributed by atoms with van der Waals surface area (Å²) in [5.74, 6) is 1.45. The van der Waals surface area contributed by atoms with Crippen molar-refractivity contribution < 1.29 is 9.47 Å². The Morgan fingerprint density at radius 1 is 1.10 bits per heavy atom. The van der Waals surface area contributed by atoms with Crippen LogP contribution in [0, 0.1) is 0 Å². The van der Waals surface area contributed by atoms with Crippen LogP contribution in [-0.4, -0.2) is 44.3 Å². The van der Waals surface area contributed by atoms with E-state index in [0.29, 0.717) is 22.9 Å². The van der Waals surface area contributed by atoms with E-state index in [4.69, 9.17) is 21.1 Å². The van der Waals surface area contributed by atoms with Crippen LogP contribution in [0.15, 0.2) is 12.1 Å². The molecule has 2 aliphatic heterocycles. The Hall–Kier alpha value is -1.13. The van der Waals surface area contributed by atoms with Crippen molar-refractivity contribution in [1.29, 1.82) is 0 Å². The van der Waals surface area contributed by atoms with E-state index in [1.165, 1.54) is 38.8 Å². The van der Waals surface area contributed by atoms with Crippen molar-refractivity contribution in [2.45, 2.75) is 37.8 Å². The minimum absolute atomic E-state index is 0.477. The molecule has 0 amide bonds. The van der Waals surface area contributed by atoms with E-state index in [-0.39, 0.29) is 0 Å². The fraction of sp³-hybridized carbons (Fsp3) is 0.625. The smallest absolute Gasteiger partial charge is 0.143 e. The molecule has 0 aliphatic carbocycles. The second kappa shape index (κ2) is 6.32. The Morgan fingerprint density at radius 3 is 2.67 bits per heavy atom. The molecule has 3 rings (SSSR count). The number of rotatable bonds is 4. The minimum Gasteiger partial charge on any atom is -0.495 e. The summed E-state index contributed by atoms with van der Waals surface area (Å²) in [6, 6.07) is 4.87. The topological polar surface area (TPSA) is 33.7 Å². The first-order valence-electron chi connectivity index (χ1n) is 7.65. The number of nitrogens with zero attached hydrogens (tertiary/aromatic N) is 1. The maximum absolute atomic E-state index is 6.17. The molecule has 2 unspecified atom stereocenters. The molecule has 0 radical (unpaired) electrons. The van der Waals surface area contributed by atoms with Gasteiger partial charge < -0.3 is 14.8 Å². The van der Waals surface area contributed by atoms with Crippen LogP contribution in [0.3, 0.4) is 0 Å². The molecule has 116 valence electrons. The summed E-state index contributed by atoms with van der Waals surface area (Å²) >= 11 is 6.17. The zero-order valence-electron chi connectivity index (χ0n) is 12.7. The fourth-order valence-corrected chi connectivity index (χ4v) is 3.82. The van der Waals surface area contributed by atoms with E-state index < -0.39 is 0 Å². The third-order valence-electron chi connectivity index (χ3n) is 4.67. The van der Waals surface area contributed by atoms with E-state index in [9.17, 15) is 0 Å². The second-order valence-electron chi connectivity index (χ2n) is 5.83. The number of nitrogens with one attached hydrogen (secondary N) is 1. The lowest BCUT2D eigenvalue weighted by atomic mass is 9.99. The van der Waals surface area contributed by atoms with Gasteiger partial charge in [0, 0.05) is 30.8 Å². The summed E-state index contributed by atoms with van der Waals surface area (Å²) in [6.07, 6.45) is 5.13. The van der Waals surface area contributed by atoms with Crippen molar-refractivity contribution >= 4 is 17.3 Å². The lowest BCUT2D eigenvalue weighted by Gasteiger charge is -2.33. The normalized spacial score (nSPS) is 25.5. The van der Waals surface area contributed by atoms with Gasteiger partial charge in [0.1, 0.15) is 11.5 Å². The first kappa shape index (κ1) is 14.8. The van der Waals surface area contributed by atoms with Gasteiger partial charge in [0.25, 0.3) is 0 Å². The second-order valence-corrected chi connectivity index (χ2v) is 6.23. The van der Waals surface area contributed by atoms with Crippen LogP contribution in [-0.2, 0) is 0 Å². The molecular weight excluding hydrogens is 288 g/mol. The maximum Gasteiger partial charge on any atom is 0.143 e. The molecule has 2 heterocycles. The van der Waals surface area contributed by atoms with Crippen molar-refractivity contribution in [1.82, 2.24) is 4.90 Å². The number of ether oxygens (including phenoxy) is 2. The van der Waals surface area contributed by atoms with Gasteiger partial charge in [0.15, 0.2) is 0 Å². The molecular formula is C16H23ClN2O2. The SMILES string of the molecule is COc1cc(NC2CCN3CCCCC23)c(OC)cc1Cl. The Balaban J connectivity index is 1.80. The van der Waals surface area contributed by atoms with E-state index in [1.54, 1.807) is 14.2 Å². The van der Waals surface area contributed by atoms with Gasteiger partial charge in [0.2, 0.25) is 0 Å². The number of fused-ring (bicyclic) bond motifs is 1. The third kappa shape index (κ3) is 2.92. The van der Waals surface area contributed by atoms with Crippen LogP contribution >= 0.6 is 11.6 Å². The van der Waals surface area contributed by atoms with Crippen molar-refractivity contribution in [3.8, 4) is 11.5 Å². The minimum atomic E-state index is 0.477. The molecule has 2 fully saturated rings. The molecule has 2 aliphatic rings. The van der Waals surface area contributed by atoms with Gasteiger partial charge in [0.05, 0.1) is 24.9 Å². The zero-order valence-corrected chi connectivity index (χ0v) is 13.4. The fourth-order valence-electron chi connectivity index (χ4n) is 3.59. The van der Waals surface area contributed by atoms with E-state index in [2.05, 4.69) is 10.2 Å². The number of hydrogen-bond donors (Lipinski definition) is 1. The number of piperidine rings is 1. The zero-order chi connectivity index (χ0) is 14.8. The first-order valence-corrected chi connectivity index (χ1v) is 8.03. The largest absolute Gasteiger partial charge is 0.495 e. The maximum atomic E-state index is 6.17. The van der Waals surface area contributed by atoms with Crippen molar-refractivity contribution in [2.24, 2.45) is 0 Å². The summed E-state index contributed by atoms with van der Waals surface area (Å²) in [6.45, 7) is 2.43. The van der Waals surface area contributed by atoms with Crippen LogP contribution < -0.4 is 14.8 Å². The Labute approximate surface area is 131 Å². The van der Waals surface area contributed by atoms with Gasteiger partial charge in [-0.1, -0.05) is 18.0 Å².